The minimum absolute atomic E-state index is 0.214. The third-order valence-electron chi connectivity index (χ3n) is 4.46. The molecule has 0 amide bonds. The topological polar surface area (TPSA) is 73.9 Å². The van der Waals surface area contributed by atoms with Crippen LogP contribution in [0.25, 0.3) is 0 Å². The zero-order chi connectivity index (χ0) is 15.2. The van der Waals surface area contributed by atoms with E-state index in [2.05, 4.69) is 29.3 Å². The minimum atomic E-state index is -0.214. The van der Waals surface area contributed by atoms with Gasteiger partial charge in [-0.25, -0.2) is 0 Å². The second-order valence-corrected chi connectivity index (χ2v) is 6.78. The van der Waals surface area contributed by atoms with Crippen molar-refractivity contribution in [2.24, 2.45) is 16.3 Å². The third kappa shape index (κ3) is 5.67. The molecule has 1 saturated carbocycles. The number of nitrogens with two attached hydrogens (primary N) is 1. The first kappa shape index (κ1) is 17.2. The molecule has 0 aromatic rings. The third-order valence-corrected chi connectivity index (χ3v) is 4.46. The smallest absolute Gasteiger partial charge is 0.144 e. The van der Waals surface area contributed by atoms with Gasteiger partial charge < -0.3 is 16.3 Å². The average Bonchev–Trinajstić information content (AvgIpc) is 3.24. The van der Waals surface area contributed by atoms with E-state index in [0.29, 0.717) is 11.9 Å². The lowest BCUT2D eigenvalue weighted by molar-refractivity contribution is 0.241. The molecular weight excluding hydrogens is 252 g/mol. The molecular formula is C15H32N4O. The number of likely N-dealkylation sites (N-methyl/N-ethyl adjacent to an activating group) is 1. The van der Waals surface area contributed by atoms with Gasteiger partial charge in [-0.05, 0) is 46.2 Å². The number of amidine groups is 1. The summed E-state index contributed by atoms with van der Waals surface area (Å²) in [4.78, 5) is 2.48. The lowest BCUT2D eigenvalue weighted by Crippen LogP contribution is -2.39. The van der Waals surface area contributed by atoms with Crippen molar-refractivity contribution in [2.45, 2.75) is 65.0 Å². The molecule has 4 N–H and O–H groups in total. The molecule has 1 rings (SSSR count). The minimum Gasteiger partial charge on any atom is -0.409 e. The predicted molar refractivity (Wildman–Crippen MR) is 84.2 cm³/mol. The molecule has 5 nitrogen and oxygen atoms in total. The van der Waals surface area contributed by atoms with Crippen LogP contribution in [-0.4, -0.2) is 48.2 Å². The Morgan fingerprint density at radius 3 is 2.65 bits per heavy atom. The Hall–Kier alpha value is -0.810. The predicted octanol–water partition coefficient (Wildman–Crippen LogP) is 2.00. The first-order chi connectivity index (χ1) is 9.38. The van der Waals surface area contributed by atoms with Crippen molar-refractivity contribution in [1.82, 2.24) is 10.2 Å². The van der Waals surface area contributed by atoms with Gasteiger partial charge in [0.2, 0.25) is 0 Å². The summed E-state index contributed by atoms with van der Waals surface area (Å²) in [5, 5.41) is 15.4. The Balaban J connectivity index is 2.04. The van der Waals surface area contributed by atoms with E-state index in [9.17, 15) is 0 Å². The number of unbranched alkanes of at least 4 members (excludes halogenated alkanes) is 1. The summed E-state index contributed by atoms with van der Waals surface area (Å²) in [6.45, 7) is 8.41. The highest BCUT2D eigenvalue weighted by Crippen LogP contribution is 2.26. The fourth-order valence-corrected chi connectivity index (χ4v) is 2.38. The molecule has 0 saturated heterocycles. The van der Waals surface area contributed by atoms with E-state index < -0.39 is 0 Å². The normalized spacial score (nSPS) is 18.6. The van der Waals surface area contributed by atoms with Gasteiger partial charge in [0.05, 0.1) is 0 Å². The molecule has 1 fully saturated rings. The molecule has 1 unspecified atom stereocenters. The summed E-state index contributed by atoms with van der Waals surface area (Å²) in [7, 11) is 2.23. The van der Waals surface area contributed by atoms with Crippen molar-refractivity contribution in [1.29, 1.82) is 0 Å². The van der Waals surface area contributed by atoms with Gasteiger partial charge in [-0.2, -0.15) is 0 Å². The average molecular weight is 284 g/mol. The summed E-state index contributed by atoms with van der Waals surface area (Å²) in [5.74, 6) is 0.324. The lowest BCUT2D eigenvalue weighted by Gasteiger charge is -2.25. The molecule has 118 valence electrons. The fraction of sp³-hybridized carbons (Fsp3) is 0.933. The van der Waals surface area contributed by atoms with Gasteiger partial charge in [-0.1, -0.05) is 25.4 Å². The van der Waals surface area contributed by atoms with Crippen LogP contribution >= 0.6 is 0 Å². The van der Waals surface area contributed by atoms with E-state index in [1.54, 1.807) is 0 Å². The van der Waals surface area contributed by atoms with Gasteiger partial charge >= 0.3 is 0 Å². The van der Waals surface area contributed by atoms with Gasteiger partial charge in [-0.15, -0.1) is 0 Å². The van der Waals surface area contributed by atoms with Crippen LogP contribution in [0, 0.1) is 5.41 Å². The first-order valence-electron chi connectivity index (χ1n) is 7.79. The fourth-order valence-electron chi connectivity index (χ4n) is 2.38. The Kier molecular flexibility index (Phi) is 6.76. The van der Waals surface area contributed by atoms with Crippen molar-refractivity contribution in [3.8, 4) is 0 Å². The maximum absolute atomic E-state index is 8.72. The number of nitrogens with one attached hydrogen (secondary N) is 1. The maximum atomic E-state index is 8.72. The molecule has 20 heavy (non-hydrogen) atoms. The van der Waals surface area contributed by atoms with E-state index in [-0.39, 0.29) is 5.41 Å². The zero-order valence-electron chi connectivity index (χ0n) is 13.5. The molecule has 5 heteroatoms. The van der Waals surface area contributed by atoms with Crippen molar-refractivity contribution in [3.63, 3.8) is 0 Å². The van der Waals surface area contributed by atoms with Crippen LogP contribution in [0.4, 0.5) is 0 Å². The number of rotatable bonds is 10. The quantitative estimate of drug-likeness (QED) is 0.189. The Labute approximate surface area is 123 Å². The van der Waals surface area contributed by atoms with E-state index >= 15 is 0 Å². The first-order valence-corrected chi connectivity index (χ1v) is 7.79. The SMILES string of the molecule is CC(CNCCCCC(C)(C)C(N)=NO)N(C)C1CC1. The van der Waals surface area contributed by atoms with E-state index in [1.165, 1.54) is 12.8 Å². The van der Waals surface area contributed by atoms with Crippen LogP contribution in [0.2, 0.25) is 0 Å². The summed E-state index contributed by atoms with van der Waals surface area (Å²) in [6.07, 6.45) is 5.89. The number of hydrogen-bond acceptors (Lipinski definition) is 4. The van der Waals surface area contributed by atoms with Crippen LogP contribution < -0.4 is 11.1 Å². The zero-order valence-corrected chi connectivity index (χ0v) is 13.5. The highest BCUT2D eigenvalue weighted by molar-refractivity contribution is 5.85. The second-order valence-electron chi connectivity index (χ2n) is 6.78. The molecule has 1 aliphatic carbocycles. The van der Waals surface area contributed by atoms with Gasteiger partial charge in [0.15, 0.2) is 0 Å². The lowest BCUT2D eigenvalue weighted by atomic mass is 9.86. The molecule has 0 heterocycles. The van der Waals surface area contributed by atoms with Gasteiger partial charge in [0, 0.05) is 24.0 Å². The highest BCUT2D eigenvalue weighted by atomic mass is 16.4. The summed E-state index contributed by atoms with van der Waals surface area (Å²) in [5.41, 5.74) is 5.46. The molecule has 0 aromatic heterocycles. The molecule has 1 atom stereocenters. The number of hydrogen-bond donors (Lipinski definition) is 3. The van der Waals surface area contributed by atoms with E-state index in [0.717, 1.165) is 38.4 Å². The van der Waals surface area contributed by atoms with Crippen molar-refractivity contribution < 1.29 is 5.21 Å². The van der Waals surface area contributed by atoms with Gasteiger partial charge in [0.1, 0.15) is 5.84 Å². The van der Waals surface area contributed by atoms with E-state index in [1.807, 2.05) is 13.8 Å². The van der Waals surface area contributed by atoms with Crippen LogP contribution in [0.5, 0.6) is 0 Å². The van der Waals surface area contributed by atoms with Crippen LogP contribution in [-0.2, 0) is 0 Å². The summed E-state index contributed by atoms with van der Waals surface area (Å²) >= 11 is 0. The molecule has 1 aliphatic rings. The van der Waals surface area contributed by atoms with Gasteiger partial charge in [-0.3, -0.25) is 4.90 Å². The standard InChI is InChI=1S/C15H32N4O/c1-12(19(4)13-7-8-13)11-17-10-6-5-9-15(2,3)14(16)18-20/h12-13,17,20H,5-11H2,1-4H3,(H2,16,18). The molecule has 0 aromatic carbocycles. The molecule has 0 spiro atoms. The molecule has 0 aliphatic heterocycles. The Morgan fingerprint density at radius 2 is 2.10 bits per heavy atom. The van der Waals surface area contributed by atoms with Crippen molar-refractivity contribution in [3.05, 3.63) is 0 Å². The monoisotopic (exact) mass is 284 g/mol. The number of oxime groups is 1. The van der Waals surface area contributed by atoms with Crippen LogP contribution in [0.15, 0.2) is 5.16 Å². The van der Waals surface area contributed by atoms with Gasteiger partial charge in [0.25, 0.3) is 0 Å². The van der Waals surface area contributed by atoms with Crippen LogP contribution in [0.3, 0.4) is 0 Å². The highest BCUT2D eigenvalue weighted by Gasteiger charge is 2.28. The van der Waals surface area contributed by atoms with Crippen molar-refractivity contribution in [2.75, 3.05) is 20.1 Å². The summed E-state index contributed by atoms with van der Waals surface area (Å²) < 4.78 is 0. The Morgan fingerprint density at radius 1 is 1.45 bits per heavy atom. The molecule has 0 bridgehead atoms. The largest absolute Gasteiger partial charge is 0.409 e. The number of nitrogens with zero attached hydrogens (tertiary/aromatic N) is 2. The maximum Gasteiger partial charge on any atom is 0.144 e. The molecule has 0 radical (unpaired) electrons. The van der Waals surface area contributed by atoms with Crippen molar-refractivity contribution >= 4 is 5.84 Å². The van der Waals surface area contributed by atoms with Crippen LogP contribution in [0.1, 0.15) is 52.9 Å². The van der Waals surface area contributed by atoms with E-state index in [4.69, 9.17) is 10.9 Å². The Bertz CT molecular complexity index is 313. The summed E-state index contributed by atoms with van der Waals surface area (Å²) in [6, 6.07) is 1.43. The second kappa shape index (κ2) is 7.84.